The summed E-state index contributed by atoms with van der Waals surface area (Å²) in [6, 6.07) is 20.1. The van der Waals surface area contributed by atoms with Gasteiger partial charge in [-0.3, -0.25) is 14.9 Å². The molecule has 0 atom stereocenters. The van der Waals surface area contributed by atoms with Crippen LogP contribution in [0.1, 0.15) is 31.9 Å². The third kappa shape index (κ3) is 5.19. The fraction of sp³-hybridized carbons (Fsp3) is 0.143. The highest BCUT2D eigenvalue weighted by atomic mass is 16.6. The molecule has 0 bridgehead atoms. The Morgan fingerprint density at radius 1 is 1.00 bits per heavy atom. The Bertz CT molecular complexity index is 1510. The molecule has 0 saturated carbocycles. The van der Waals surface area contributed by atoms with Crippen LogP contribution in [0.3, 0.4) is 0 Å². The predicted molar refractivity (Wildman–Crippen MR) is 134 cm³/mol. The number of para-hydroxylation sites is 1. The van der Waals surface area contributed by atoms with Gasteiger partial charge in [-0.05, 0) is 34.8 Å². The van der Waals surface area contributed by atoms with Crippen LogP contribution < -0.4 is 10.2 Å². The van der Waals surface area contributed by atoms with Crippen LogP contribution in [0.25, 0.3) is 28.4 Å². The van der Waals surface area contributed by atoms with E-state index in [4.69, 9.17) is 9.15 Å². The van der Waals surface area contributed by atoms with Crippen molar-refractivity contribution in [3.63, 3.8) is 0 Å². The van der Waals surface area contributed by atoms with Gasteiger partial charge in [-0.15, -0.1) is 0 Å². The Hall–Kier alpha value is -4.52. The molecule has 0 aliphatic rings. The molecule has 35 heavy (non-hydrogen) atoms. The Balaban J connectivity index is 1.73. The molecular weight excluding hydrogens is 446 g/mol. The molecule has 0 spiro atoms. The van der Waals surface area contributed by atoms with Crippen LogP contribution in [0.2, 0.25) is 0 Å². The average molecular weight is 469 g/mol. The van der Waals surface area contributed by atoms with Crippen molar-refractivity contribution in [2.75, 3.05) is 0 Å². The summed E-state index contributed by atoms with van der Waals surface area (Å²) in [5, 5.41) is 11.3. The molecule has 0 amide bonds. The van der Waals surface area contributed by atoms with Gasteiger partial charge in [-0.2, -0.15) is 0 Å². The first kappa shape index (κ1) is 23.6. The molecule has 0 aliphatic carbocycles. The van der Waals surface area contributed by atoms with Gasteiger partial charge in [0.25, 0.3) is 5.69 Å². The second-order valence-corrected chi connectivity index (χ2v) is 9.02. The van der Waals surface area contributed by atoms with E-state index < -0.39 is 16.3 Å². The van der Waals surface area contributed by atoms with Crippen molar-refractivity contribution in [3.05, 3.63) is 110 Å². The Morgan fingerprint density at radius 2 is 1.71 bits per heavy atom. The SMILES string of the molecule is CC(C)(C)c1ccc(-c2oc3ccccc3c(=O)c2OC(=O)/C=C/c2cccc([N+](=O)[O-])c2)cc1. The minimum absolute atomic E-state index is 0.0602. The Morgan fingerprint density at radius 3 is 2.40 bits per heavy atom. The number of fused-ring (bicyclic) bond motifs is 1. The predicted octanol–water partition coefficient (Wildman–Crippen LogP) is 6.28. The number of carbonyl (C=O) groups is 1. The third-order valence-corrected chi connectivity index (χ3v) is 5.46. The summed E-state index contributed by atoms with van der Waals surface area (Å²) >= 11 is 0. The largest absolute Gasteiger partial charge is 0.452 e. The van der Waals surface area contributed by atoms with Gasteiger partial charge in [0, 0.05) is 23.8 Å². The number of esters is 1. The van der Waals surface area contributed by atoms with Crippen molar-refractivity contribution in [2.24, 2.45) is 0 Å². The fourth-order valence-corrected chi connectivity index (χ4v) is 3.57. The highest BCUT2D eigenvalue weighted by Crippen LogP contribution is 2.33. The van der Waals surface area contributed by atoms with Crippen LogP contribution in [-0.4, -0.2) is 10.9 Å². The van der Waals surface area contributed by atoms with Gasteiger partial charge in [-0.1, -0.05) is 69.3 Å². The highest BCUT2D eigenvalue weighted by molar-refractivity contribution is 5.91. The molecule has 0 fully saturated rings. The van der Waals surface area contributed by atoms with Gasteiger partial charge < -0.3 is 9.15 Å². The Kier molecular flexibility index (Phi) is 6.34. The van der Waals surface area contributed by atoms with Crippen molar-refractivity contribution in [2.45, 2.75) is 26.2 Å². The lowest BCUT2D eigenvalue weighted by molar-refractivity contribution is -0.384. The molecule has 7 nitrogen and oxygen atoms in total. The van der Waals surface area contributed by atoms with E-state index >= 15 is 0 Å². The zero-order chi connectivity index (χ0) is 25.2. The molecule has 3 aromatic carbocycles. The van der Waals surface area contributed by atoms with Gasteiger partial charge in [-0.25, -0.2) is 4.79 Å². The fourth-order valence-electron chi connectivity index (χ4n) is 3.57. The number of rotatable bonds is 5. The van der Waals surface area contributed by atoms with Crippen LogP contribution in [0.15, 0.2) is 88.1 Å². The van der Waals surface area contributed by atoms with Gasteiger partial charge in [0.1, 0.15) is 5.58 Å². The van der Waals surface area contributed by atoms with Crippen LogP contribution in [0, 0.1) is 10.1 Å². The van der Waals surface area contributed by atoms with Crippen LogP contribution in [-0.2, 0) is 10.2 Å². The van der Waals surface area contributed by atoms with Crippen molar-refractivity contribution >= 4 is 28.7 Å². The number of hydrogen-bond donors (Lipinski definition) is 0. The van der Waals surface area contributed by atoms with Crippen LogP contribution in [0.4, 0.5) is 5.69 Å². The van der Waals surface area contributed by atoms with E-state index in [1.807, 2.05) is 24.3 Å². The smallest absolute Gasteiger partial charge is 0.336 e. The van der Waals surface area contributed by atoms with Crippen molar-refractivity contribution < 1.29 is 18.9 Å². The summed E-state index contributed by atoms with van der Waals surface area (Å²) in [6.07, 6.45) is 2.50. The van der Waals surface area contributed by atoms with Crippen LogP contribution in [0.5, 0.6) is 5.75 Å². The minimum atomic E-state index is -0.813. The molecule has 4 rings (SSSR count). The molecule has 4 aromatic rings. The van der Waals surface area contributed by atoms with Gasteiger partial charge in [0.2, 0.25) is 11.2 Å². The van der Waals surface area contributed by atoms with E-state index in [-0.39, 0.29) is 28.0 Å². The van der Waals surface area contributed by atoms with Gasteiger partial charge in [0.15, 0.2) is 5.76 Å². The van der Waals surface area contributed by atoms with E-state index in [0.29, 0.717) is 16.7 Å². The molecule has 176 valence electrons. The summed E-state index contributed by atoms with van der Waals surface area (Å²) in [5.41, 5.74) is 1.87. The number of carbonyl (C=O) groups excluding carboxylic acids is 1. The second kappa shape index (κ2) is 9.38. The van der Waals surface area contributed by atoms with Crippen molar-refractivity contribution in [3.8, 4) is 17.1 Å². The summed E-state index contributed by atoms with van der Waals surface area (Å²) in [7, 11) is 0. The van der Waals surface area contributed by atoms with E-state index in [9.17, 15) is 19.7 Å². The molecule has 0 saturated heterocycles. The molecule has 1 heterocycles. The summed E-state index contributed by atoms with van der Waals surface area (Å²) in [4.78, 5) is 36.3. The van der Waals surface area contributed by atoms with Gasteiger partial charge in [0.05, 0.1) is 10.3 Å². The quantitative estimate of drug-likeness (QED) is 0.147. The number of benzene rings is 3. The lowest BCUT2D eigenvalue weighted by Gasteiger charge is -2.19. The van der Waals surface area contributed by atoms with Gasteiger partial charge >= 0.3 is 5.97 Å². The van der Waals surface area contributed by atoms with E-state index in [1.165, 1.54) is 24.3 Å². The highest BCUT2D eigenvalue weighted by Gasteiger charge is 2.21. The maximum Gasteiger partial charge on any atom is 0.336 e. The second-order valence-electron chi connectivity index (χ2n) is 9.02. The first-order chi connectivity index (χ1) is 16.6. The first-order valence-electron chi connectivity index (χ1n) is 10.9. The molecular formula is C28H23NO6. The van der Waals surface area contributed by atoms with Crippen molar-refractivity contribution in [1.29, 1.82) is 0 Å². The lowest BCUT2D eigenvalue weighted by atomic mass is 9.86. The zero-order valence-electron chi connectivity index (χ0n) is 19.5. The lowest BCUT2D eigenvalue weighted by Crippen LogP contribution is -2.14. The third-order valence-electron chi connectivity index (χ3n) is 5.46. The number of nitrogens with zero attached hydrogens (tertiary/aromatic N) is 1. The van der Waals surface area contributed by atoms with E-state index in [2.05, 4.69) is 20.8 Å². The van der Waals surface area contributed by atoms with E-state index in [0.717, 1.165) is 11.6 Å². The van der Waals surface area contributed by atoms with E-state index in [1.54, 1.807) is 30.3 Å². The molecule has 0 radical (unpaired) electrons. The summed E-state index contributed by atoms with van der Waals surface area (Å²) < 4.78 is 11.5. The molecule has 0 unspecified atom stereocenters. The topological polar surface area (TPSA) is 99.7 Å². The summed E-state index contributed by atoms with van der Waals surface area (Å²) in [5.74, 6) is -0.890. The average Bonchev–Trinajstić information content (AvgIpc) is 2.84. The number of ether oxygens (including phenoxy) is 1. The first-order valence-corrected chi connectivity index (χ1v) is 10.9. The maximum absolute atomic E-state index is 13.2. The molecule has 0 aliphatic heterocycles. The summed E-state index contributed by atoms with van der Waals surface area (Å²) in [6.45, 7) is 6.29. The number of nitro benzene ring substituents is 1. The molecule has 0 N–H and O–H groups in total. The maximum atomic E-state index is 13.2. The minimum Gasteiger partial charge on any atom is -0.452 e. The molecule has 7 heteroatoms. The standard InChI is InChI=1S/C28H23NO6/c1-28(2,3)20-14-12-19(13-15-20)26-27(25(31)22-9-4-5-10-23(22)34-26)35-24(30)16-11-18-7-6-8-21(17-18)29(32)33/h4-17H,1-3H3/b16-11+. The monoisotopic (exact) mass is 469 g/mol. The number of hydrogen-bond acceptors (Lipinski definition) is 6. The van der Waals surface area contributed by atoms with Crippen molar-refractivity contribution in [1.82, 2.24) is 0 Å². The van der Waals surface area contributed by atoms with Crippen LogP contribution >= 0.6 is 0 Å². The molecule has 1 aromatic heterocycles. The zero-order valence-corrected chi connectivity index (χ0v) is 19.5. The number of nitro groups is 1. The Labute approximate surface area is 201 Å². The normalized spacial score (nSPS) is 11.6. The number of non-ortho nitro benzene ring substituents is 1.